The molecular formula is C13H10ClN3O2. The minimum atomic E-state index is -0.0396. The van der Waals surface area contributed by atoms with Crippen LogP contribution in [0, 0.1) is 0 Å². The second-order valence-electron chi connectivity index (χ2n) is 4.12. The van der Waals surface area contributed by atoms with E-state index in [1.54, 1.807) is 18.3 Å². The van der Waals surface area contributed by atoms with Crippen LogP contribution in [0.25, 0.3) is 0 Å². The Bertz CT molecular complexity index is 646. The molecule has 5 nitrogen and oxygen atoms in total. The van der Waals surface area contributed by atoms with Crippen molar-refractivity contribution in [1.82, 2.24) is 15.3 Å². The zero-order chi connectivity index (χ0) is 13.2. The number of amides is 1. The SMILES string of the molecule is O=C1NCc2cc(OCc3cncc(Cl)n3)ccc21. The summed E-state index contributed by atoms with van der Waals surface area (Å²) in [7, 11) is 0. The highest BCUT2D eigenvalue weighted by atomic mass is 35.5. The highest BCUT2D eigenvalue weighted by Gasteiger charge is 2.18. The molecule has 96 valence electrons. The smallest absolute Gasteiger partial charge is 0.251 e. The molecule has 0 spiro atoms. The molecule has 0 atom stereocenters. The van der Waals surface area contributed by atoms with E-state index in [1.807, 2.05) is 6.07 Å². The molecule has 1 aliphatic rings. The van der Waals surface area contributed by atoms with Gasteiger partial charge < -0.3 is 10.1 Å². The summed E-state index contributed by atoms with van der Waals surface area (Å²) in [5.74, 6) is 0.652. The largest absolute Gasteiger partial charge is 0.487 e. The summed E-state index contributed by atoms with van der Waals surface area (Å²) >= 11 is 5.74. The molecule has 3 rings (SSSR count). The van der Waals surface area contributed by atoms with Gasteiger partial charge >= 0.3 is 0 Å². The highest BCUT2D eigenvalue weighted by Crippen LogP contribution is 2.22. The molecule has 6 heteroatoms. The van der Waals surface area contributed by atoms with Crippen LogP contribution in [0.4, 0.5) is 0 Å². The third kappa shape index (κ3) is 2.51. The Labute approximate surface area is 114 Å². The molecule has 0 saturated carbocycles. The predicted octanol–water partition coefficient (Wildman–Crippen LogP) is 1.95. The third-order valence-electron chi connectivity index (χ3n) is 2.80. The normalized spacial score (nSPS) is 13.0. The summed E-state index contributed by atoms with van der Waals surface area (Å²) in [5.41, 5.74) is 2.30. The van der Waals surface area contributed by atoms with E-state index in [0.29, 0.717) is 28.7 Å². The highest BCUT2D eigenvalue weighted by molar-refractivity contribution is 6.29. The van der Waals surface area contributed by atoms with E-state index in [9.17, 15) is 4.79 Å². The van der Waals surface area contributed by atoms with Crippen molar-refractivity contribution in [2.24, 2.45) is 0 Å². The number of nitrogens with zero attached hydrogens (tertiary/aromatic N) is 2. The fourth-order valence-corrected chi connectivity index (χ4v) is 2.07. The van der Waals surface area contributed by atoms with Gasteiger partial charge in [0.2, 0.25) is 0 Å². The Kier molecular flexibility index (Phi) is 3.05. The van der Waals surface area contributed by atoms with Gasteiger partial charge in [-0.2, -0.15) is 0 Å². The van der Waals surface area contributed by atoms with E-state index in [0.717, 1.165) is 5.56 Å². The molecule has 0 aliphatic carbocycles. The van der Waals surface area contributed by atoms with Crippen LogP contribution in [0.1, 0.15) is 21.6 Å². The predicted molar refractivity (Wildman–Crippen MR) is 69.0 cm³/mol. The topological polar surface area (TPSA) is 64.1 Å². The standard InChI is InChI=1S/C13H10ClN3O2/c14-12-6-15-5-9(17-12)7-19-10-1-2-11-8(3-10)4-16-13(11)18/h1-3,5-6H,4,7H2,(H,16,18). The van der Waals surface area contributed by atoms with Crippen molar-refractivity contribution < 1.29 is 9.53 Å². The molecule has 1 aliphatic heterocycles. The van der Waals surface area contributed by atoms with E-state index in [2.05, 4.69) is 15.3 Å². The lowest BCUT2D eigenvalue weighted by Gasteiger charge is -2.06. The number of fused-ring (bicyclic) bond motifs is 1. The van der Waals surface area contributed by atoms with E-state index >= 15 is 0 Å². The summed E-state index contributed by atoms with van der Waals surface area (Å²) in [6.07, 6.45) is 3.07. The maximum Gasteiger partial charge on any atom is 0.251 e. The summed E-state index contributed by atoms with van der Waals surface area (Å²) in [6.45, 7) is 0.829. The Hall–Kier alpha value is -2.14. The van der Waals surface area contributed by atoms with Gasteiger partial charge in [-0.25, -0.2) is 4.98 Å². The minimum absolute atomic E-state index is 0.0396. The Morgan fingerprint density at radius 2 is 2.26 bits per heavy atom. The van der Waals surface area contributed by atoms with E-state index in [4.69, 9.17) is 16.3 Å². The number of hydrogen-bond donors (Lipinski definition) is 1. The van der Waals surface area contributed by atoms with E-state index in [1.165, 1.54) is 6.20 Å². The van der Waals surface area contributed by atoms with Gasteiger partial charge in [0.15, 0.2) is 0 Å². The van der Waals surface area contributed by atoms with Crippen LogP contribution in [-0.2, 0) is 13.2 Å². The van der Waals surface area contributed by atoms with E-state index in [-0.39, 0.29) is 12.5 Å². The average Bonchev–Trinajstić information content (AvgIpc) is 2.78. The summed E-state index contributed by atoms with van der Waals surface area (Å²) in [6, 6.07) is 5.38. The number of carbonyl (C=O) groups is 1. The molecule has 0 unspecified atom stereocenters. The maximum absolute atomic E-state index is 11.4. The van der Waals surface area contributed by atoms with Crippen molar-refractivity contribution in [2.45, 2.75) is 13.2 Å². The molecule has 1 amide bonds. The van der Waals surface area contributed by atoms with Crippen LogP contribution < -0.4 is 10.1 Å². The lowest BCUT2D eigenvalue weighted by atomic mass is 10.1. The molecule has 0 saturated heterocycles. The molecule has 0 bridgehead atoms. The molecule has 19 heavy (non-hydrogen) atoms. The van der Waals surface area contributed by atoms with Crippen molar-refractivity contribution in [3.8, 4) is 5.75 Å². The van der Waals surface area contributed by atoms with Gasteiger partial charge in [-0.15, -0.1) is 0 Å². The van der Waals surface area contributed by atoms with E-state index < -0.39 is 0 Å². The van der Waals surface area contributed by atoms with Crippen LogP contribution in [0.3, 0.4) is 0 Å². The van der Waals surface area contributed by atoms with Gasteiger partial charge in [0.05, 0.1) is 18.1 Å². The molecule has 2 heterocycles. The Morgan fingerprint density at radius 1 is 1.37 bits per heavy atom. The lowest BCUT2D eigenvalue weighted by Crippen LogP contribution is -2.12. The van der Waals surface area contributed by atoms with Crippen molar-refractivity contribution in [1.29, 1.82) is 0 Å². The number of benzene rings is 1. The van der Waals surface area contributed by atoms with Crippen LogP contribution >= 0.6 is 11.6 Å². The molecule has 0 fully saturated rings. The molecule has 0 radical (unpaired) electrons. The quantitative estimate of drug-likeness (QED) is 0.930. The summed E-state index contributed by atoms with van der Waals surface area (Å²) in [4.78, 5) is 19.4. The zero-order valence-electron chi connectivity index (χ0n) is 9.89. The Morgan fingerprint density at radius 3 is 3.11 bits per heavy atom. The van der Waals surface area contributed by atoms with Crippen LogP contribution in [0.2, 0.25) is 5.15 Å². The first-order chi connectivity index (χ1) is 9.22. The third-order valence-corrected chi connectivity index (χ3v) is 2.98. The number of aromatic nitrogens is 2. The number of hydrogen-bond acceptors (Lipinski definition) is 4. The lowest BCUT2D eigenvalue weighted by molar-refractivity contribution is 0.0966. The van der Waals surface area contributed by atoms with Gasteiger partial charge in [-0.05, 0) is 23.8 Å². The summed E-state index contributed by atoms with van der Waals surface area (Å²) in [5, 5.41) is 3.10. The average molecular weight is 276 g/mol. The number of nitrogens with one attached hydrogen (secondary N) is 1. The van der Waals surface area contributed by atoms with Crippen LogP contribution in [-0.4, -0.2) is 15.9 Å². The van der Waals surface area contributed by atoms with Gasteiger partial charge in [-0.3, -0.25) is 9.78 Å². The monoisotopic (exact) mass is 275 g/mol. The molecule has 1 aromatic carbocycles. The fourth-order valence-electron chi connectivity index (χ4n) is 1.90. The first-order valence-electron chi connectivity index (χ1n) is 5.73. The fraction of sp³-hybridized carbons (Fsp3) is 0.154. The van der Waals surface area contributed by atoms with Gasteiger partial charge in [0, 0.05) is 12.1 Å². The molecule has 1 aromatic heterocycles. The zero-order valence-corrected chi connectivity index (χ0v) is 10.6. The molecule has 2 aromatic rings. The number of rotatable bonds is 3. The van der Waals surface area contributed by atoms with Gasteiger partial charge in [0.1, 0.15) is 17.5 Å². The number of carbonyl (C=O) groups excluding carboxylic acids is 1. The van der Waals surface area contributed by atoms with Crippen LogP contribution in [0.15, 0.2) is 30.6 Å². The maximum atomic E-state index is 11.4. The van der Waals surface area contributed by atoms with Crippen molar-refractivity contribution >= 4 is 17.5 Å². The van der Waals surface area contributed by atoms with Gasteiger partial charge in [0.25, 0.3) is 5.91 Å². The minimum Gasteiger partial charge on any atom is -0.487 e. The van der Waals surface area contributed by atoms with Crippen molar-refractivity contribution in [2.75, 3.05) is 0 Å². The van der Waals surface area contributed by atoms with Crippen molar-refractivity contribution in [3.63, 3.8) is 0 Å². The van der Waals surface area contributed by atoms with Crippen molar-refractivity contribution in [3.05, 3.63) is 52.6 Å². The number of ether oxygens (including phenoxy) is 1. The number of halogens is 1. The first kappa shape index (κ1) is 11.9. The summed E-state index contributed by atoms with van der Waals surface area (Å²) < 4.78 is 5.61. The van der Waals surface area contributed by atoms with Gasteiger partial charge in [-0.1, -0.05) is 11.6 Å². The Balaban J connectivity index is 1.73. The van der Waals surface area contributed by atoms with Crippen LogP contribution in [0.5, 0.6) is 5.75 Å². The second-order valence-corrected chi connectivity index (χ2v) is 4.51. The first-order valence-corrected chi connectivity index (χ1v) is 6.10. The second kappa shape index (κ2) is 4.85. The molecule has 1 N–H and O–H groups in total. The molecular weight excluding hydrogens is 266 g/mol.